The van der Waals surface area contributed by atoms with Crippen LogP contribution >= 0.6 is 0 Å². The summed E-state index contributed by atoms with van der Waals surface area (Å²) in [4.78, 5) is 20.2. The van der Waals surface area contributed by atoms with Crippen molar-refractivity contribution in [3.8, 4) is 0 Å². The third-order valence-corrected chi connectivity index (χ3v) is 2.71. The van der Waals surface area contributed by atoms with Crippen molar-refractivity contribution in [3.63, 3.8) is 0 Å². The fourth-order valence-electron chi connectivity index (χ4n) is 1.42. The zero-order chi connectivity index (χ0) is 19.3. The Balaban J connectivity index is 0.000000697. The van der Waals surface area contributed by atoms with Crippen molar-refractivity contribution in [2.24, 2.45) is 5.73 Å². The van der Waals surface area contributed by atoms with Gasteiger partial charge in [0.15, 0.2) is 0 Å². The molecule has 0 heterocycles. The Morgan fingerprint density at radius 2 is 1.80 bits per heavy atom. The van der Waals surface area contributed by atoms with Gasteiger partial charge in [-0.2, -0.15) is 13.2 Å². The van der Waals surface area contributed by atoms with Crippen LogP contribution in [0.25, 0.3) is 0 Å². The van der Waals surface area contributed by atoms with Crippen LogP contribution in [0.2, 0.25) is 0 Å². The number of carboxylic acids is 1. The topological polar surface area (TPSA) is 122 Å². The van der Waals surface area contributed by atoms with Gasteiger partial charge in [-0.15, -0.1) is 0 Å². The third kappa shape index (κ3) is 12.7. The van der Waals surface area contributed by atoms with Gasteiger partial charge in [0, 0.05) is 12.6 Å². The quantitative estimate of drug-likeness (QED) is 0.544. The van der Waals surface area contributed by atoms with Crippen LogP contribution in [-0.4, -0.2) is 47.6 Å². The molecular formula is C15H21F3N2O5. The van der Waals surface area contributed by atoms with E-state index in [2.05, 4.69) is 5.32 Å². The Labute approximate surface area is 142 Å². The monoisotopic (exact) mass is 366 g/mol. The van der Waals surface area contributed by atoms with E-state index in [1.807, 2.05) is 30.3 Å². The lowest BCUT2D eigenvalue weighted by atomic mass is 10.2. The molecule has 0 aliphatic carbocycles. The minimum absolute atomic E-state index is 0.0293. The number of aliphatic hydroxyl groups excluding tert-OH is 1. The molecule has 0 fully saturated rings. The van der Waals surface area contributed by atoms with Crippen molar-refractivity contribution in [1.82, 2.24) is 5.32 Å². The summed E-state index contributed by atoms with van der Waals surface area (Å²) in [5.74, 6) is -2.76. The van der Waals surface area contributed by atoms with Gasteiger partial charge in [-0.25, -0.2) is 9.59 Å². The van der Waals surface area contributed by atoms with Gasteiger partial charge < -0.3 is 26.0 Å². The number of carbonyl (C=O) groups is 2. The number of alkyl carbamates (subject to hydrolysis) is 1. The summed E-state index contributed by atoms with van der Waals surface area (Å²) in [5.41, 5.74) is 6.48. The summed E-state index contributed by atoms with van der Waals surface area (Å²) < 4.78 is 36.8. The lowest BCUT2D eigenvalue weighted by Crippen LogP contribution is -2.28. The zero-order valence-corrected chi connectivity index (χ0v) is 13.3. The summed E-state index contributed by atoms with van der Waals surface area (Å²) in [6.07, 6.45) is -4.12. The number of nitrogens with one attached hydrogen (secondary N) is 1. The number of aliphatic carboxylic acids is 1. The van der Waals surface area contributed by atoms with E-state index in [-0.39, 0.29) is 19.3 Å². The third-order valence-electron chi connectivity index (χ3n) is 2.71. The smallest absolute Gasteiger partial charge is 0.475 e. The summed E-state index contributed by atoms with van der Waals surface area (Å²) >= 11 is 0. The van der Waals surface area contributed by atoms with Crippen molar-refractivity contribution < 1.29 is 37.7 Å². The second-order valence-electron chi connectivity index (χ2n) is 4.88. The van der Waals surface area contributed by atoms with E-state index in [9.17, 15) is 18.0 Å². The maximum Gasteiger partial charge on any atom is 0.490 e. The van der Waals surface area contributed by atoms with Crippen LogP contribution in [0.5, 0.6) is 0 Å². The first-order valence-corrected chi connectivity index (χ1v) is 7.28. The number of carboxylic acid groups (broad SMARTS) is 1. The number of amides is 1. The van der Waals surface area contributed by atoms with Crippen molar-refractivity contribution in [2.75, 3.05) is 13.2 Å². The van der Waals surface area contributed by atoms with Gasteiger partial charge in [-0.3, -0.25) is 0 Å². The van der Waals surface area contributed by atoms with Crippen molar-refractivity contribution >= 4 is 12.1 Å². The van der Waals surface area contributed by atoms with E-state index in [1.165, 1.54) is 0 Å². The molecule has 1 rings (SSSR count). The average Bonchev–Trinajstić information content (AvgIpc) is 2.57. The first-order valence-electron chi connectivity index (χ1n) is 7.28. The normalized spacial score (nSPS) is 11.7. The second-order valence-corrected chi connectivity index (χ2v) is 4.88. The number of aliphatic hydroxyl groups is 1. The van der Waals surface area contributed by atoms with Gasteiger partial charge in [0.2, 0.25) is 0 Å². The highest BCUT2D eigenvalue weighted by Crippen LogP contribution is 2.13. The van der Waals surface area contributed by atoms with Crippen LogP contribution in [0.1, 0.15) is 18.4 Å². The van der Waals surface area contributed by atoms with E-state index in [1.54, 1.807) is 0 Å². The second kappa shape index (κ2) is 12.1. The molecule has 5 N–H and O–H groups in total. The first kappa shape index (κ1) is 22.7. The Morgan fingerprint density at radius 1 is 1.24 bits per heavy atom. The molecule has 7 nitrogen and oxygen atoms in total. The number of carbonyl (C=O) groups excluding carboxylic acids is 1. The van der Waals surface area contributed by atoms with Crippen LogP contribution in [0.3, 0.4) is 0 Å². The van der Waals surface area contributed by atoms with Crippen molar-refractivity contribution in [3.05, 3.63) is 35.9 Å². The van der Waals surface area contributed by atoms with E-state index in [0.717, 1.165) is 12.0 Å². The molecule has 0 aliphatic heterocycles. The fraction of sp³-hybridized carbons (Fsp3) is 0.467. The molecule has 0 bridgehead atoms. The number of rotatable bonds is 7. The minimum Gasteiger partial charge on any atom is -0.475 e. The molecule has 0 aromatic heterocycles. The summed E-state index contributed by atoms with van der Waals surface area (Å²) in [7, 11) is 0. The van der Waals surface area contributed by atoms with Gasteiger partial charge in [0.1, 0.15) is 6.61 Å². The predicted octanol–water partition coefficient (Wildman–Crippen LogP) is 1.65. The van der Waals surface area contributed by atoms with E-state index in [0.29, 0.717) is 13.0 Å². The Hall–Kier alpha value is -2.33. The first-order chi connectivity index (χ1) is 11.7. The molecule has 1 aromatic carbocycles. The molecule has 0 saturated carbocycles. The molecule has 0 unspecified atom stereocenters. The predicted molar refractivity (Wildman–Crippen MR) is 82.6 cm³/mol. The lowest BCUT2D eigenvalue weighted by molar-refractivity contribution is -0.192. The number of hydrogen-bond donors (Lipinski definition) is 4. The van der Waals surface area contributed by atoms with Gasteiger partial charge in [-0.05, 0) is 18.4 Å². The minimum atomic E-state index is -5.08. The number of alkyl halides is 3. The van der Waals surface area contributed by atoms with Crippen LogP contribution < -0.4 is 11.1 Å². The molecule has 0 radical (unpaired) electrons. The molecule has 0 spiro atoms. The molecule has 142 valence electrons. The van der Waals surface area contributed by atoms with Crippen molar-refractivity contribution in [2.45, 2.75) is 31.7 Å². The van der Waals surface area contributed by atoms with E-state index >= 15 is 0 Å². The lowest BCUT2D eigenvalue weighted by Gasteiger charge is -2.09. The molecule has 10 heteroatoms. The van der Waals surface area contributed by atoms with Crippen molar-refractivity contribution in [1.29, 1.82) is 0 Å². The van der Waals surface area contributed by atoms with Crippen LogP contribution in [0.15, 0.2) is 30.3 Å². The molecular weight excluding hydrogens is 345 g/mol. The number of ether oxygens (including phenoxy) is 1. The van der Waals surface area contributed by atoms with Gasteiger partial charge in [0.25, 0.3) is 0 Å². The number of halogens is 3. The standard InChI is InChI=1S/C13H20N2O3.C2HF3O2/c14-12(9-16)7-4-8-15-13(17)18-10-11-5-2-1-3-6-11;3-2(4,5)1(6)7/h1-3,5-6,12,16H,4,7-10,14H2,(H,15,17);(H,6,7)/t12-;/m1./s1. The van der Waals surface area contributed by atoms with E-state index < -0.39 is 18.2 Å². The molecule has 0 saturated heterocycles. The molecule has 0 aliphatic rings. The maximum absolute atomic E-state index is 11.3. The zero-order valence-electron chi connectivity index (χ0n) is 13.3. The highest BCUT2D eigenvalue weighted by atomic mass is 19.4. The van der Waals surface area contributed by atoms with Crippen LogP contribution in [0, 0.1) is 0 Å². The Bertz CT molecular complexity index is 512. The summed E-state index contributed by atoms with van der Waals surface area (Å²) in [5, 5.41) is 18.5. The molecule has 1 amide bonds. The van der Waals surface area contributed by atoms with Gasteiger partial charge in [-0.1, -0.05) is 30.3 Å². The highest BCUT2D eigenvalue weighted by molar-refractivity contribution is 5.73. The number of nitrogens with two attached hydrogens (primary N) is 1. The highest BCUT2D eigenvalue weighted by Gasteiger charge is 2.38. The van der Waals surface area contributed by atoms with Crippen LogP contribution in [0.4, 0.5) is 18.0 Å². The van der Waals surface area contributed by atoms with Crippen LogP contribution in [-0.2, 0) is 16.1 Å². The molecule has 1 aromatic rings. The summed E-state index contributed by atoms with van der Waals surface area (Å²) in [6.45, 7) is 0.739. The number of benzene rings is 1. The van der Waals surface area contributed by atoms with Gasteiger partial charge >= 0.3 is 18.2 Å². The Kier molecular flexibility index (Phi) is 11.0. The average molecular weight is 366 g/mol. The molecule has 25 heavy (non-hydrogen) atoms. The summed E-state index contributed by atoms with van der Waals surface area (Å²) in [6, 6.07) is 9.28. The maximum atomic E-state index is 11.3. The van der Waals surface area contributed by atoms with Gasteiger partial charge in [0.05, 0.1) is 6.61 Å². The van der Waals surface area contributed by atoms with E-state index in [4.69, 9.17) is 25.5 Å². The molecule has 1 atom stereocenters. The Morgan fingerprint density at radius 3 is 2.28 bits per heavy atom. The SMILES string of the molecule is N[C@@H](CO)CCCNC(=O)OCc1ccccc1.O=C(O)C(F)(F)F. The largest absolute Gasteiger partial charge is 0.490 e. The number of hydrogen-bond acceptors (Lipinski definition) is 5. The fourth-order valence-corrected chi connectivity index (χ4v) is 1.42.